The molecule has 18 heavy (non-hydrogen) atoms. The van der Waals surface area contributed by atoms with Crippen LogP contribution in [0.1, 0.15) is 58.6 Å². The van der Waals surface area contributed by atoms with Gasteiger partial charge in [-0.2, -0.15) is 5.10 Å². The molecule has 1 fully saturated rings. The summed E-state index contributed by atoms with van der Waals surface area (Å²) in [6, 6.07) is 0.626. The van der Waals surface area contributed by atoms with Gasteiger partial charge >= 0.3 is 0 Å². The van der Waals surface area contributed by atoms with Crippen molar-refractivity contribution in [1.82, 2.24) is 9.78 Å². The summed E-state index contributed by atoms with van der Waals surface area (Å²) in [4.78, 5) is 0. The van der Waals surface area contributed by atoms with Gasteiger partial charge in [-0.3, -0.25) is 4.68 Å². The lowest BCUT2D eigenvalue weighted by Gasteiger charge is -2.22. The number of anilines is 1. The van der Waals surface area contributed by atoms with E-state index in [9.17, 15) is 0 Å². The summed E-state index contributed by atoms with van der Waals surface area (Å²) in [6.07, 6.45) is 9.72. The zero-order valence-corrected chi connectivity index (χ0v) is 12.3. The van der Waals surface area contributed by atoms with E-state index in [0.29, 0.717) is 11.5 Å². The van der Waals surface area contributed by atoms with Crippen LogP contribution in [0, 0.1) is 5.41 Å². The van der Waals surface area contributed by atoms with Crippen LogP contribution in [0.2, 0.25) is 0 Å². The first-order valence-electron chi connectivity index (χ1n) is 7.29. The van der Waals surface area contributed by atoms with E-state index in [-0.39, 0.29) is 0 Å². The van der Waals surface area contributed by atoms with Crippen molar-refractivity contribution >= 4 is 5.69 Å². The van der Waals surface area contributed by atoms with Crippen LogP contribution in [0.4, 0.5) is 5.69 Å². The Balaban J connectivity index is 2.00. The minimum atomic E-state index is 0.527. The van der Waals surface area contributed by atoms with Crippen LogP contribution in [0.25, 0.3) is 0 Å². The second-order valence-electron chi connectivity index (χ2n) is 6.45. The maximum Gasteiger partial charge on any atom is 0.0853 e. The van der Waals surface area contributed by atoms with Gasteiger partial charge in [-0.05, 0) is 37.5 Å². The van der Waals surface area contributed by atoms with E-state index < -0.39 is 0 Å². The number of aryl methyl sites for hydroxylation is 2. The zero-order chi connectivity index (χ0) is 13.2. The molecule has 0 spiro atoms. The van der Waals surface area contributed by atoms with Gasteiger partial charge in [-0.25, -0.2) is 0 Å². The third kappa shape index (κ3) is 3.27. The van der Waals surface area contributed by atoms with Crippen molar-refractivity contribution in [2.75, 3.05) is 5.32 Å². The lowest BCUT2D eigenvalue weighted by Crippen LogP contribution is -2.19. The normalized spacial score (nSPS) is 23.7. The lowest BCUT2D eigenvalue weighted by molar-refractivity contribution is 0.313. The second kappa shape index (κ2) is 5.33. The Morgan fingerprint density at radius 3 is 2.89 bits per heavy atom. The molecule has 0 amide bonds. The third-order valence-electron chi connectivity index (χ3n) is 4.18. The summed E-state index contributed by atoms with van der Waals surface area (Å²) >= 11 is 0. The molecule has 2 rings (SSSR count). The van der Waals surface area contributed by atoms with Crippen molar-refractivity contribution in [2.45, 2.75) is 65.3 Å². The Bertz CT molecular complexity index is 392. The van der Waals surface area contributed by atoms with E-state index in [1.807, 2.05) is 11.7 Å². The maximum absolute atomic E-state index is 4.50. The fourth-order valence-electron chi connectivity index (χ4n) is 2.94. The average molecular weight is 249 g/mol. The first-order chi connectivity index (χ1) is 8.50. The molecule has 1 heterocycles. The fraction of sp³-hybridized carbons (Fsp3) is 0.800. The minimum absolute atomic E-state index is 0.527. The summed E-state index contributed by atoms with van der Waals surface area (Å²) in [7, 11) is 2.00. The lowest BCUT2D eigenvalue weighted by atomic mass is 9.85. The van der Waals surface area contributed by atoms with Crippen LogP contribution in [0.5, 0.6) is 0 Å². The molecule has 1 atom stereocenters. The summed E-state index contributed by atoms with van der Waals surface area (Å²) < 4.78 is 1.92. The van der Waals surface area contributed by atoms with Crippen LogP contribution >= 0.6 is 0 Å². The molecule has 1 aromatic heterocycles. The van der Waals surface area contributed by atoms with E-state index >= 15 is 0 Å². The van der Waals surface area contributed by atoms with Crippen LogP contribution in [0.3, 0.4) is 0 Å². The molecular weight excluding hydrogens is 222 g/mol. The monoisotopic (exact) mass is 249 g/mol. The molecule has 1 N–H and O–H groups in total. The number of nitrogens with zero attached hydrogens (tertiary/aromatic N) is 2. The molecule has 1 aliphatic carbocycles. The highest BCUT2D eigenvalue weighted by Crippen LogP contribution is 2.34. The van der Waals surface area contributed by atoms with Gasteiger partial charge < -0.3 is 5.32 Å². The molecule has 3 nitrogen and oxygen atoms in total. The maximum atomic E-state index is 4.50. The number of nitrogens with one attached hydrogen (secondary N) is 1. The summed E-state index contributed by atoms with van der Waals surface area (Å²) in [6.45, 7) is 6.97. The van der Waals surface area contributed by atoms with Crippen molar-refractivity contribution in [3.63, 3.8) is 0 Å². The Kier molecular flexibility index (Phi) is 3.98. The number of hydrogen-bond acceptors (Lipinski definition) is 2. The van der Waals surface area contributed by atoms with Crippen LogP contribution in [0.15, 0.2) is 6.20 Å². The van der Waals surface area contributed by atoms with Crippen LogP contribution in [-0.4, -0.2) is 15.8 Å². The molecule has 1 unspecified atom stereocenters. The summed E-state index contributed by atoms with van der Waals surface area (Å²) in [5.74, 6) is 0. The van der Waals surface area contributed by atoms with Crippen molar-refractivity contribution in [3.8, 4) is 0 Å². The Morgan fingerprint density at radius 2 is 2.17 bits per heavy atom. The SMILES string of the molecule is CCc1nn(C)cc1NC1CCCC(C)(C)CC1. The number of aromatic nitrogens is 2. The topological polar surface area (TPSA) is 29.9 Å². The molecule has 1 saturated carbocycles. The van der Waals surface area contributed by atoms with Crippen molar-refractivity contribution in [3.05, 3.63) is 11.9 Å². The van der Waals surface area contributed by atoms with Gasteiger partial charge in [0.05, 0.1) is 11.4 Å². The molecular formula is C15H27N3. The quantitative estimate of drug-likeness (QED) is 0.827. The molecule has 0 aliphatic heterocycles. The molecule has 0 bridgehead atoms. The summed E-state index contributed by atoms with van der Waals surface area (Å²) in [5, 5.41) is 8.22. The molecule has 0 radical (unpaired) electrons. The Labute approximate surface area is 111 Å². The molecule has 0 aromatic carbocycles. The zero-order valence-electron chi connectivity index (χ0n) is 12.3. The van der Waals surface area contributed by atoms with Crippen molar-refractivity contribution < 1.29 is 0 Å². The largest absolute Gasteiger partial charge is 0.380 e. The molecule has 3 heteroatoms. The third-order valence-corrected chi connectivity index (χ3v) is 4.18. The highest BCUT2D eigenvalue weighted by molar-refractivity contribution is 5.47. The van der Waals surface area contributed by atoms with Gasteiger partial charge in [0, 0.05) is 19.3 Å². The average Bonchev–Trinajstić information content (AvgIpc) is 2.56. The first kappa shape index (κ1) is 13.4. The van der Waals surface area contributed by atoms with Gasteiger partial charge in [0.25, 0.3) is 0 Å². The van der Waals surface area contributed by atoms with Crippen LogP contribution < -0.4 is 5.32 Å². The van der Waals surface area contributed by atoms with Gasteiger partial charge in [-0.1, -0.05) is 27.2 Å². The van der Waals surface area contributed by atoms with Crippen LogP contribution in [-0.2, 0) is 13.5 Å². The smallest absolute Gasteiger partial charge is 0.0853 e. The van der Waals surface area contributed by atoms with E-state index in [1.54, 1.807) is 0 Å². The highest BCUT2D eigenvalue weighted by atomic mass is 15.3. The first-order valence-corrected chi connectivity index (χ1v) is 7.29. The van der Waals surface area contributed by atoms with Crippen molar-refractivity contribution in [2.24, 2.45) is 12.5 Å². The molecule has 0 saturated heterocycles. The standard InChI is InChI=1S/C15H27N3/c1-5-13-14(11-18(4)17-13)16-12-7-6-9-15(2,3)10-8-12/h11-12,16H,5-10H2,1-4H3. The fourth-order valence-corrected chi connectivity index (χ4v) is 2.94. The van der Waals surface area contributed by atoms with Gasteiger partial charge in [-0.15, -0.1) is 0 Å². The van der Waals surface area contributed by atoms with E-state index in [0.717, 1.165) is 6.42 Å². The second-order valence-corrected chi connectivity index (χ2v) is 6.45. The molecule has 1 aromatic rings. The van der Waals surface area contributed by atoms with Gasteiger partial charge in [0.2, 0.25) is 0 Å². The van der Waals surface area contributed by atoms with E-state index in [1.165, 1.54) is 43.5 Å². The van der Waals surface area contributed by atoms with E-state index in [2.05, 4.69) is 37.4 Å². The van der Waals surface area contributed by atoms with Gasteiger partial charge in [0.15, 0.2) is 0 Å². The molecule has 1 aliphatic rings. The predicted octanol–water partition coefficient (Wildman–Crippen LogP) is 3.75. The number of rotatable bonds is 3. The number of hydrogen-bond donors (Lipinski definition) is 1. The molecule has 102 valence electrons. The van der Waals surface area contributed by atoms with Gasteiger partial charge in [0.1, 0.15) is 0 Å². The van der Waals surface area contributed by atoms with Crippen molar-refractivity contribution in [1.29, 1.82) is 0 Å². The summed E-state index contributed by atoms with van der Waals surface area (Å²) in [5.41, 5.74) is 2.96. The Hall–Kier alpha value is -0.990. The Morgan fingerprint density at radius 1 is 1.39 bits per heavy atom. The minimum Gasteiger partial charge on any atom is -0.380 e. The van der Waals surface area contributed by atoms with E-state index in [4.69, 9.17) is 0 Å². The predicted molar refractivity (Wildman–Crippen MR) is 76.9 cm³/mol. The highest BCUT2D eigenvalue weighted by Gasteiger charge is 2.24.